The van der Waals surface area contributed by atoms with Gasteiger partial charge in [0, 0.05) is 11.6 Å². The zero-order chi connectivity index (χ0) is 17.0. The van der Waals surface area contributed by atoms with Gasteiger partial charge in [0.05, 0.1) is 19.6 Å². The Morgan fingerprint density at radius 2 is 2.00 bits per heavy atom. The molecule has 0 aliphatic rings. The van der Waals surface area contributed by atoms with Crippen molar-refractivity contribution >= 4 is 15.9 Å². The number of halogens is 1. The molecular formula is C14H13FN2O5S. The molecular weight excluding hydrogens is 327 g/mol. The Balaban J connectivity index is 2.17. The third-order valence-corrected chi connectivity index (χ3v) is 3.17. The lowest BCUT2D eigenvalue weighted by Crippen LogP contribution is -2.29. The number of methoxy groups -OCH3 is 1. The maximum absolute atomic E-state index is 14.0. The second-order valence-corrected chi connectivity index (χ2v) is 6.24. The van der Waals surface area contributed by atoms with Crippen molar-refractivity contribution < 1.29 is 27.1 Å². The van der Waals surface area contributed by atoms with E-state index in [2.05, 4.69) is 4.98 Å². The minimum absolute atomic E-state index is 0.132. The molecule has 0 unspecified atom stereocenters. The molecule has 1 aromatic heterocycles. The van der Waals surface area contributed by atoms with Gasteiger partial charge in [0.25, 0.3) is 5.91 Å². The summed E-state index contributed by atoms with van der Waals surface area (Å²) in [6.07, 6.45) is 2.18. The summed E-state index contributed by atoms with van der Waals surface area (Å²) in [5, 5.41) is 0. The number of nitrogens with one attached hydrogen (secondary N) is 1. The summed E-state index contributed by atoms with van der Waals surface area (Å²) in [5.41, 5.74) is -0.145. The molecule has 7 nitrogen and oxygen atoms in total. The van der Waals surface area contributed by atoms with E-state index in [1.807, 2.05) is 0 Å². The third kappa shape index (κ3) is 4.65. The Kier molecular flexibility index (Phi) is 4.80. The van der Waals surface area contributed by atoms with Gasteiger partial charge in [-0.15, -0.1) is 0 Å². The van der Waals surface area contributed by atoms with E-state index in [4.69, 9.17) is 9.47 Å². The molecule has 23 heavy (non-hydrogen) atoms. The number of benzene rings is 1. The number of carbonyl (C=O) groups is 1. The zero-order valence-corrected chi connectivity index (χ0v) is 13.1. The van der Waals surface area contributed by atoms with Crippen LogP contribution in [0.2, 0.25) is 0 Å². The van der Waals surface area contributed by atoms with Gasteiger partial charge in [-0.1, -0.05) is 0 Å². The van der Waals surface area contributed by atoms with Crippen molar-refractivity contribution in [1.82, 2.24) is 9.71 Å². The molecule has 0 aliphatic heterocycles. The SMILES string of the molecule is COc1ccc(Oc2ccc(C(=O)NS(C)(=O)=O)cc2F)cn1. The molecule has 0 aliphatic carbocycles. The van der Waals surface area contributed by atoms with E-state index in [0.717, 1.165) is 12.3 Å². The van der Waals surface area contributed by atoms with Crippen molar-refractivity contribution in [2.75, 3.05) is 13.4 Å². The summed E-state index contributed by atoms with van der Waals surface area (Å²) in [6.45, 7) is 0. The monoisotopic (exact) mass is 340 g/mol. The highest BCUT2D eigenvalue weighted by Gasteiger charge is 2.14. The fourth-order valence-corrected chi connectivity index (χ4v) is 2.08. The van der Waals surface area contributed by atoms with Crippen molar-refractivity contribution in [1.29, 1.82) is 0 Å². The van der Waals surface area contributed by atoms with E-state index in [9.17, 15) is 17.6 Å². The molecule has 1 amide bonds. The average molecular weight is 340 g/mol. The van der Waals surface area contributed by atoms with Crippen LogP contribution in [0.15, 0.2) is 36.5 Å². The smallest absolute Gasteiger partial charge is 0.264 e. The van der Waals surface area contributed by atoms with Gasteiger partial charge in [0.2, 0.25) is 15.9 Å². The molecule has 0 fully saturated rings. The van der Waals surface area contributed by atoms with Gasteiger partial charge in [-0.3, -0.25) is 4.79 Å². The Morgan fingerprint density at radius 1 is 1.26 bits per heavy atom. The van der Waals surface area contributed by atoms with Crippen molar-refractivity contribution in [2.45, 2.75) is 0 Å². The van der Waals surface area contributed by atoms with Gasteiger partial charge in [-0.25, -0.2) is 22.5 Å². The highest BCUT2D eigenvalue weighted by molar-refractivity contribution is 7.89. The number of rotatable bonds is 5. The molecule has 0 saturated carbocycles. The topological polar surface area (TPSA) is 94.6 Å². The quantitative estimate of drug-likeness (QED) is 0.890. The van der Waals surface area contributed by atoms with Crippen LogP contribution in [0.3, 0.4) is 0 Å². The lowest BCUT2D eigenvalue weighted by molar-refractivity contribution is 0.0981. The number of pyridine rings is 1. The van der Waals surface area contributed by atoms with Gasteiger partial charge in [0.15, 0.2) is 11.6 Å². The van der Waals surface area contributed by atoms with E-state index in [1.54, 1.807) is 10.8 Å². The van der Waals surface area contributed by atoms with Gasteiger partial charge < -0.3 is 9.47 Å². The second-order valence-electron chi connectivity index (χ2n) is 4.49. The van der Waals surface area contributed by atoms with Crippen molar-refractivity contribution in [3.05, 3.63) is 47.9 Å². The first-order chi connectivity index (χ1) is 10.8. The molecule has 0 radical (unpaired) electrons. The van der Waals surface area contributed by atoms with E-state index >= 15 is 0 Å². The number of carbonyl (C=O) groups excluding carboxylic acids is 1. The largest absolute Gasteiger partial charge is 0.481 e. The zero-order valence-electron chi connectivity index (χ0n) is 12.2. The van der Waals surface area contributed by atoms with E-state index in [1.165, 1.54) is 31.5 Å². The van der Waals surface area contributed by atoms with E-state index < -0.39 is 21.7 Å². The summed E-state index contributed by atoms with van der Waals surface area (Å²) >= 11 is 0. The highest BCUT2D eigenvalue weighted by atomic mass is 32.2. The van der Waals surface area contributed by atoms with Crippen molar-refractivity contribution in [3.63, 3.8) is 0 Å². The van der Waals surface area contributed by atoms with Crippen LogP contribution < -0.4 is 14.2 Å². The summed E-state index contributed by atoms with van der Waals surface area (Å²) in [5.74, 6) is -1.22. The summed E-state index contributed by atoms with van der Waals surface area (Å²) in [7, 11) is -2.26. The number of aromatic nitrogens is 1. The molecule has 2 aromatic rings. The van der Waals surface area contributed by atoms with Gasteiger partial charge >= 0.3 is 0 Å². The second kappa shape index (κ2) is 6.61. The highest BCUT2D eigenvalue weighted by Crippen LogP contribution is 2.25. The van der Waals surface area contributed by atoms with Gasteiger partial charge in [0.1, 0.15) is 5.75 Å². The number of hydrogen-bond donors (Lipinski definition) is 1. The molecule has 0 saturated heterocycles. The Bertz CT molecular complexity index is 822. The first-order valence-electron chi connectivity index (χ1n) is 6.28. The average Bonchev–Trinajstić information content (AvgIpc) is 2.48. The normalized spacial score (nSPS) is 10.9. The Hall–Kier alpha value is -2.68. The fraction of sp³-hybridized carbons (Fsp3) is 0.143. The van der Waals surface area contributed by atoms with Crippen LogP contribution in [0.1, 0.15) is 10.4 Å². The fourth-order valence-electron chi connectivity index (χ4n) is 1.63. The number of ether oxygens (including phenoxy) is 2. The minimum Gasteiger partial charge on any atom is -0.481 e. The Labute approximate surface area is 132 Å². The van der Waals surface area contributed by atoms with Crippen LogP contribution in [0, 0.1) is 5.82 Å². The maximum Gasteiger partial charge on any atom is 0.264 e. The number of nitrogens with zero attached hydrogens (tertiary/aromatic N) is 1. The first-order valence-corrected chi connectivity index (χ1v) is 8.17. The molecule has 9 heteroatoms. The number of sulfonamides is 1. The van der Waals surface area contributed by atoms with Crippen molar-refractivity contribution in [3.8, 4) is 17.4 Å². The summed E-state index contributed by atoms with van der Waals surface area (Å²) < 4.78 is 47.9. The van der Waals surface area contributed by atoms with Crippen molar-refractivity contribution in [2.24, 2.45) is 0 Å². The minimum atomic E-state index is -3.72. The van der Waals surface area contributed by atoms with Gasteiger partial charge in [-0.2, -0.15) is 0 Å². The van der Waals surface area contributed by atoms with Crippen LogP contribution in [-0.4, -0.2) is 32.7 Å². The molecule has 122 valence electrons. The van der Waals surface area contributed by atoms with Crippen LogP contribution in [0.25, 0.3) is 0 Å². The maximum atomic E-state index is 14.0. The predicted molar refractivity (Wildman–Crippen MR) is 79.6 cm³/mol. The first kappa shape index (κ1) is 16.7. The van der Waals surface area contributed by atoms with Gasteiger partial charge in [-0.05, 0) is 24.3 Å². The molecule has 0 atom stereocenters. The van der Waals surface area contributed by atoms with Crippen LogP contribution in [-0.2, 0) is 10.0 Å². The molecule has 0 bridgehead atoms. The number of hydrogen-bond acceptors (Lipinski definition) is 6. The molecule has 1 aromatic carbocycles. The predicted octanol–water partition coefficient (Wildman–Crippen LogP) is 1.71. The van der Waals surface area contributed by atoms with E-state index in [-0.39, 0.29) is 17.1 Å². The molecule has 1 N–H and O–H groups in total. The summed E-state index contributed by atoms with van der Waals surface area (Å²) in [4.78, 5) is 15.5. The molecule has 1 heterocycles. The van der Waals surface area contributed by atoms with Crippen LogP contribution in [0.4, 0.5) is 4.39 Å². The van der Waals surface area contributed by atoms with Crippen LogP contribution >= 0.6 is 0 Å². The van der Waals surface area contributed by atoms with Crippen LogP contribution in [0.5, 0.6) is 17.4 Å². The number of amides is 1. The molecule has 0 spiro atoms. The Morgan fingerprint density at radius 3 is 2.52 bits per heavy atom. The lowest BCUT2D eigenvalue weighted by atomic mass is 10.2. The lowest BCUT2D eigenvalue weighted by Gasteiger charge is -2.08. The standard InChI is InChI=1S/C14H13FN2O5S/c1-21-13-6-4-10(8-16-13)22-12-5-3-9(7-11(12)15)14(18)17-23(2,19)20/h3-8H,1-2H3,(H,17,18). The third-order valence-electron chi connectivity index (χ3n) is 2.62. The summed E-state index contributed by atoms with van der Waals surface area (Å²) in [6, 6.07) is 6.43. The molecule has 2 rings (SSSR count). The van der Waals surface area contributed by atoms with E-state index in [0.29, 0.717) is 5.88 Å².